The molecule has 0 atom stereocenters. The lowest BCUT2D eigenvalue weighted by molar-refractivity contribution is -0.123. The minimum Gasteiger partial charge on any atom is -0.343 e. The minimum atomic E-state index is -4.49. The molecule has 0 aromatic carbocycles. The first kappa shape index (κ1) is 11.3. The predicted octanol–water partition coefficient (Wildman–Crippen LogP) is 0.667. The molecule has 1 aromatic rings. The summed E-state index contributed by atoms with van der Waals surface area (Å²) in [4.78, 5) is 24.2. The molecule has 0 unspecified atom stereocenters. The Hall–Kier alpha value is -1.79. The van der Waals surface area contributed by atoms with E-state index in [0.29, 0.717) is 0 Å². The van der Waals surface area contributed by atoms with Gasteiger partial charge in [-0.3, -0.25) is 9.59 Å². The van der Waals surface area contributed by atoms with Gasteiger partial charge in [0.05, 0.1) is 0 Å². The Kier molecular flexibility index (Phi) is 3.13. The molecule has 82 valence electrons. The number of aromatic nitrogens is 1. The number of alkyl halides is 3. The van der Waals surface area contributed by atoms with Crippen LogP contribution in [0.3, 0.4) is 0 Å². The fourth-order valence-corrected chi connectivity index (χ4v) is 0.876. The Labute approximate surface area is 82.1 Å². The summed E-state index contributed by atoms with van der Waals surface area (Å²) in [7, 11) is 0. The van der Waals surface area contributed by atoms with Gasteiger partial charge in [0, 0.05) is 6.20 Å². The van der Waals surface area contributed by atoms with Crippen molar-refractivity contribution in [3.05, 3.63) is 34.2 Å². The summed E-state index contributed by atoms with van der Waals surface area (Å²) in [6.45, 7) is -1.46. The fraction of sp³-hybridized carbons (Fsp3) is 0.250. The molecule has 7 heteroatoms. The van der Waals surface area contributed by atoms with Crippen LogP contribution in [0.25, 0.3) is 0 Å². The Morgan fingerprint density at radius 2 is 2.13 bits per heavy atom. The summed E-state index contributed by atoms with van der Waals surface area (Å²) in [5.41, 5.74) is -1.07. The lowest BCUT2D eigenvalue weighted by Gasteiger charge is -2.07. The van der Waals surface area contributed by atoms with Crippen molar-refractivity contribution in [1.29, 1.82) is 0 Å². The topological polar surface area (TPSA) is 62.0 Å². The highest BCUT2D eigenvalue weighted by Gasteiger charge is 2.28. The summed E-state index contributed by atoms with van der Waals surface area (Å²) >= 11 is 0. The molecule has 1 heterocycles. The van der Waals surface area contributed by atoms with Crippen LogP contribution in [0.15, 0.2) is 23.1 Å². The van der Waals surface area contributed by atoms with Crippen LogP contribution < -0.4 is 10.9 Å². The van der Waals surface area contributed by atoms with Crippen molar-refractivity contribution >= 4 is 5.91 Å². The van der Waals surface area contributed by atoms with Gasteiger partial charge in [-0.2, -0.15) is 13.2 Å². The fourth-order valence-electron chi connectivity index (χ4n) is 0.876. The third kappa shape index (κ3) is 3.45. The number of carbonyl (C=O) groups is 1. The highest BCUT2D eigenvalue weighted by atomic mass is 19.4. The molecule has 0 saturated heterocycles. The zero-order chi connectivity index (χ0) is 11.5. The van der Waals surface area contributed by atoms with Gasteiger partial charge >= 0.3 is 6.18 Å². The molecule has 0 aliphatic heterocycles. The summed E-state index contributed by atoms with van der Waals surface area (Å²) in [6, 6.07) is 2.49. The molecule has 1 amide bonds. The molecule has 4 nitrogen and oxygen atoms in total. The van der Waals surface area contributed by atoms with Gasteiger partial charge in [0.1, 0.15) is 12.1 Å². The molecular formula is C8H7F3N2O2. The van der Waals surface area contributed by atoms with Crippen LogP contribution in [0.1, 0.15) is 10.4 Å². The van der Waals surface area contributed by atoms with E-state index in [9.17, 15) is 22.8 Å². The monoisotopic (exact) mass is 220 g/mol. The molecule has 0 spiro atoms. The molecule has 1 rings (SSSR count). The van der Waals surface area contributed by atoms with E-state index in [1.165, 1.54) is 12.3 Å². The number of rotatable bonds is 2. The van der Waals surface area contributed by atoms with Gasteiger partial charge in [0.15, 0.2) is 0 Å². The summed E-state index contributed by atoms with van der Waals surface area (Å²) in [5.74, 6) is -1.05. The second kappa shape index (κ2) is 4.16. The minimum absolute atomic E-state index is 0.346. The van der Waals surface area contributed by atoms with E-state index in [-0.39, 0.29) is 5.56 Å². The maximum atomic E-state index is 11.7. The molecule has 1 aromatic heterocycles. The molecule has 0 aliphatic rings. The Morgan fingerprint density at radius 3 is 2.67 bits per heavy atom. The predicted molar refractivity (Wildman–Crippen MR) is 45.5 cm³/mol. The zero-order valence-corrected chi connectivity index (χ0v) is 7.39. The number of amides is 1. The second-order valence-corrected chi connectivity index (χ2v) is 2.71. The normalized spacial score (nSPS) is 11.1. The largest absolute Gasteiger partial charge is 0.405 e. The lowest BCUT2D eigenvalue weighted by atomic mass is 10.2. The van der Waals surface area contributed by atoms with Gasteiger partial charge < -0.3 is 10.3 Å². The molecular weight excluding hydrogens is 213 g/mol. The highest BCUT2D eigenvalue weighted by Crippen LogP contribution is 2.12. The zero-order valence-electron chi connectivity index (χ0n) is 7.39. The standard InChI is InChI=1S/C8H7F3N2O2/c9-8(10,11)4-13-7(15)5-2-1-3-12-6(5)14/h1-3H,4H2,(H,12,14)(H,13,15). The van der Waals surface area contributed by atoms with Crippen molar-refractivity contribution in [2.75, 3.05) is 6.54 Å². The van der Waals surface area contributed by atoms with Crippen LogP contribution in [0, 0.1) is 0 Å². The van der Waals surface area contributed by atoms with Crippen molar-refractivity contribution in [3.8, 4) is 0 Å². The van der Waals surface area contributed by atoms with Crippen LogP contribution in [-0.2, 0) is 0 Å². The van der Waals surface area contributed by atoms with Gasteiger partial charge in [-0.15, -0.1) is 0 Å². The van der Waals surface area contributed by atoms with Crippen molar-refractivity contribution < 1.29 is 18.0 Å². The van der Waals surface area contributed by atoms with Crippen molar-refractivity contribution in [2.45, 2.75) is 6.18 Å². The Morgan fingerprint density at radius 1 is 1.47 bits per heavy atom. The van der Waals surface area contributed by atoms with E-state index in [4.69, 9.17) is 0 Å². The van der Waals surface area contributed by atoms with Crippen LogP contribution in [-0.4, -0.2) is 23.6 Å². The van der Waals surface area contributed by atoms with Crippen molar-refractivity contribution in [3.63, 3.8) is 0 Å². The lowest BCUT2D eigenvalue weighted by Crippen LogP contribution is -2.36. The first-order valence-electron chi connectivity index (χ1n) is 3.93. The molecule has 2 N–H and O–H groups in total. The number of hydrogen-bond donors (Lipinski definition) is 2. The van der Waals surface area contributed by atoms with Crippen LogP contribution in [0.4, 0.5) is 13.2 Å². The summed E-state index contributed by atoms with van der Waals surface area (Å²) in [6.07, 6.45) is -3.21. The van der Waals surface area contributed by atoms with E-state index in [2.05, 4.69) is 4.98 Å². The molecule has 15 heavy (non-hydrogen) atoms. The Bertz CT molecular complexity index is 411. The summed E-state index contributed by atoms with van der Waals surface area (Å²) < 4.78 is 35.2. The van der Waals surface area contributed by atoms with Gasteiger partial charge in [-0.25, -0.2) is 0 Å². The molecule has 0 aliphatic carbocycles. The Balaban J connectivity index is 2.71. The average Bonchev–Trinajstić information content (AvgIpc) is 2.14. The molecule has 0 radical (unpaired) electrons. The van der Waals surface area contributed by atoms with Crippen LogP contribution >= 0.6 is 0 Å². The number of nitrogens with one attached hydrogen (secondary N) is 2. The quantitative estimate of drug-likeness (QED) is 0.769. The van der Waals surface area contributed by atoms with E-state index >= 15 is 0 Å². The van der Waals surface area contributed by atoms with Crippen LogP contribution in [0.2, 0.25) is 0 Å². The van der Waals surface area contributed by atoms with E-state index in [1.54, 1.807) is 5.32 Å². The third-order valence-electron chi connectivity index (χ3n) is 1.51. The SMILES string of the molecule is O=C(NCC(F)(F)F)c1ccc[nH]c1=O. The second-order valence-electron chi connectivity index (χ2n) is 2.71. The highest BCUT2D eigenvalue weighted by molar-refractivity contribution is 5.93. The van der Waals surface area contributed by atoms with Crippen molar-refractivity contribution in [2.24, 2.45) is 0 Å². The van der Waals surface area contributed by atoms with E-state index < -0.39 is 24.2 Å². The number of H-pyrrole nitrogens is 1. The number of aromatic amines is 1. The number of carbonyl (C=O) groups excluding carboxylic acids is 1. The van der Waals surface area contributed by atoms with Gasteiger partial charge in [-0.05, 0) is 12.1 Å². The van der Waals surface area contributed by atoms with Crippen molar-refractivity contribution in [1.82, 2.24) is 10.3 Å². The average molecular weight is 220 g/mol. The molecule has 0 saturated carbocycles. The molecule has 0 bridgehead atoms. The molecule has 0 fully saturated rings. The third-order valence-corrected chi connectivity index (χ3v) is 1.51. The van der Waals surface area contributed by atoms with Gasteiger partial charge in [-0.1, -0.05) is 0 Å². The van der Waals surface area contributed by atoms with E-state index in [1.807, 2.05) is 0 Å². The number of halogens is 3. The maximum Gasteiger partial charge on any atom is 0.405 e. The summed E-state index contributed by atoms with van der Waals surface area (Å²) in [5, 5.41) is 1.60. The van der Waals surface area contributed by atoms with E-state index in [0.717, 1.165) is 6.07 Å². The first-order valence-corrected chi connectivity index (χ1v) is 3.93. The van der Waals surface area contributed by atoms with Gasteiger partial charge in [0.25, 0.3) is 11.5 Å². The maximum absolute atomic E-state index is 11.7. The number of pyridine rings is 1. The first-order chi connectivity index (χ1) is 6.90. The van der Waals surface area contributed by atoms with Crippen LogP contribution in [0.5, 0.6) is 0 Å². The van der Waals surface area contributed by atoms with Gasteiger partial charge in [0.2, 0.25) is 0 Å². The number of hydrogen-bond acceptors (Lipinski definition) is 2. The smallest absolute Gasteiger partial charge is 0.343 e.